The average Bonchev–Trinajstić information content (AvgIpc) is 2.30. The Hall–Kier alpha value is -1.88. The van der Waals surface area contributed by atoms with Crippen LogP contribution in [0.5, 0.6) is 0 Å². The van der Waals surface area contributed by atoms with Gasteiger partial charge in [0.05, 0.1) is 12.2 Å². The van der Waals surface area contributed by atoms with Gasteiger partial charge in [0.15, 0.2) is 0 Å². The Balaban J connectivity index is 2.99. The van der Waals surface area contributed by atoms with Crippen molar-refractivity contribution in [2.45, 2.75) is 13.0 Å². The lowest BCUT2D eigenvalue weighted by Crippen LogP contribution is -2.27. The van der Waals surface area contributed by atoms with Gasteiger partial charge in [-0.2, -0.15) is 0 Å². The zero-order valence-corrected chi connectivity index (χ0v) is 9.77. The van der Waals surface area contributed by atoms with E-state index in [0.29, 0.717) is 5.56 Å². The molecule has 0 saturated heterocycles. The van der Waals surface area contributed by atoms with E-state index in [1.54, 1.807) is 26.1 Å². The van der Waals surface area contributed by atoms with Gasteiger partial charge in [-0.15, -0.1) is 0 Å². The van der Waals surface area contributed by atoms with E-state index in [1.807, 2.05) is 0 Å². The van der Waals surface area contributed by atoms with Crippen molar-refractivity contribution in [3.8, 4) is 0 Å². The molecule has 1 rings (SSSR count). The Bertz CT molecular complexity index is 417. The smallest absolute Gasteiger partial charge is 0.335 e. The summed E-state index contributed by atoms with van der Waals surface area (Å²) in [6.07, 6.45) is 0. The summed E-state index contributed by atoms with van der Waals surface area (Å²) < 4.78 is 4.90. The minimum absolute atomic E-state index is 0.145. The highest BCUT2D eigenvalue weighted by molar-refractivity contribution is 5.88. The van der Waals surface area contributed by atoms with Crippen LogP contribution in [0.25, 0.3) is 0 Å². The summed E-state index contributed by atoms with van der Waals surface area (Å²) in [6.45, 7) is 2.01. The highest BCUT2D eigenvalue weighted by atomic mass is 16.5. The van der Waals surface area contributed by atoms with Crippen LogP contribution < -0.4 is 5.32 Å². The van der Waals surface area contributed by atoms with Gasteiger partial charge >= 0.3 is 11.9 Å². The number of carbonyl (C=O) groups is 2. The van der Waals surface area contributed by atoms with Gasteiger partial charge in [0, 0.05) is 0 Å². The SMILES string of the molecule is CCOC(=O)C(NC)c1cccc(C(=O)O)c1. The lowest BCUT2D eigenvalue weighted by Gasteiger charge is -2.15. The molecular formula is C12H15NO4. The molecule has 0 bridgehead atoms. The number of benzene rings is 1. The van der Waals surface area contributed by atoms with E-state index in [9.17, 15) is 9.59 Å². The molecule has 17 heavy (non-hydrogen) atoms. The van der Waals surface area contributed by atoms with Crippen LogP contribution in [0.2, 0.25) is 0 Å². The number of likely N-dealkylation sites (N-methyl/N-ethyl adjacent to an activating group) is 1. The summed E-state index contributed by atoms with van der Waals surface area (Å²) in [5.41, 5.74) is 0.720. The maximum Gasteiger partial charge on any atom is 0.335 e. The number of aromatic carboxylic acids is 1. The van der Waals surface area contributed by atoms with Gasteiger partial charge < -0.3 is 15.2 Å². The Morgan fingerprint density at radius 1 is 1.47 bits per heavy atom. The van der Waals surface area contributed by atoms with Crippen LogP contribution in [0.4, 0.5) is 0 Å². The third-order valence-corrected chi connectivity index (χ3v) is 2.28. The summed E-state index contributed by atoms with van der Waals surface area (Å²) in [5.74, 6) is -1.44. The number of esters is 1. The highest BCUT2D eigenvalue weighted by Gasteiger charge is 2.20. The van der Waals surface area contributed by atoms with Crippen LogP contribution in [0.15, 0.2) is 24.3 Å². The molecule has 2 N–H and O–H groups in total. The Kier molecular flexibility index (Phi) is 4.66. The second-order valence-corrected chi connectivity index (χ2v) is 3.40. The van der Waals surface area contributed by atoms with Gasteiger partial charge in [-0.05, 0) is 31.7 Å². The zero-order chi connectivity index (χ0) is 12.8. The van der Waals surface area contributed by atoms with Crippen molar-refractivity contribution in [3.63, 3.8) is 0 Å². The van der Waals surface area contributed by atoms with Crippen molar-refractivity contribution in [1.82, 2.24) is 5.32 Å². The number of ether oxygens (including phenoxy) is 1. The predicted molar refractivity (Wildman–Crippen MR) is 61.8 cm³/mol. The molecular weight excluding hydrogens is 222 g/mol. The quantitative estimate of drug-likeness (QED) is 0.753. The molecule has 0 aliphatic rings. The number of hydrogen-bond acceptors (Lipinski definition) is 4. The van der Waals surface area contributed by atoms with Crippen molar-refractivity contribution in [2.75, 3.05) is 13.7 Å². The van der Waals surface area contributed by atoms with Crippen LogP contribution in [0, 0.1) is 0 Å². The van der Waals surface area contributed by atoms with Crippen LogP contribution >= 0.6 is 0 Å². The van der Waals surface area contributed by atoms with E-state index in [2.05, 4.69) is 5.32 Å². The van der Waals surface area contributed by atoms with E-state index in [4.69, 9.17) is 9.84 Å². The average molecular weight is 237 g/mol. The second-order valence-electron chi connectivity index (χ2n) is 3.40. The van der Waals surface area contributed by atoms with Crippen LogP contribution in [-0.4, -0.2) is 30.7 Å². The monoisotopic (exact) mass is 237 g/mol. The van der Waals surface area contributed by atoms with Crippen molar-refractivity contribution >= 4 is 11.9 Å². The molecule has 1 unspecified atom stereocenters. The van der Waals surface area contributed by atoms with E-state index >= 15 is 0 Å². The fraction of sp³-hybridized carbons (Fsp3) is 0.333. The number of rotatable bonds is 5. The first-order valence-corrected chi connectivity index (χ1v) is 5.27. The van der Waals surface area contributed by atoms with Crippen molar-refractivity contribution < 1.29 is 19.4 Å². The normalized spacial score (nSPS) is 11.9. The number of hydrogen-bond donors (Lipinski definition) is 2. The van der Waals surface area contributed by atoms with E-state index in [0.717, 1.165) is 0 Å². The van der Waals surface area contributed by atoms with Crippen LogP contribution in [0.1, 0.15) is 28.9 Å². The molecule has 1 aromatic rings. The summed E-state index contributed by atoms with van der Waals surface area (Å²) in [4.78, 5) is 22.4. The van der Waals surface area contributed by atoms with E-state index in [1.165, 1.54) is 12.1 Å². The summed E-state index contributed by atoms with van der Waals surface area (Å²) in [5, 5.41) is 11.7. The number of nitrogens with one attached hydrogen (secondary N) is 1. The van der Waals surface area contributed by atoms with Gasteiger partial charge in [0.1, 0.15) is 6.04 Å². The minimum atomic E-state index is -1.02. The minimum Gasteiger partial charge on any atom is -0.478 e. The maximum absolute atomic E-state index is 11.6. The molecule has 5 heteroatoms. The molecule has 0 heterocycles. The van der Waals surface area contributed by atoms with Crippen molar-refractivity contribution in [1.29, 1.82) is 0 Å². The number of carbonyl (C=O) groups excluding carboxylic acids is 1. The fourth-order valence-electron chi connectivity index (χ4n) is 1.50. The lowest BCUT2D eigenvalue weighted by molar-refractivity contribution is -0.145. The Morgan fingerprint density at radius 2 is 2.18 bits per heavy atom. The van der Waals surface area contributed by atoms with Gasteiger partial charge in [-0.1, -0.05) is 12.1 Å². The summed E-state index contributed by atoms with van der Waals surface area (Å²) in [7, 11) is 1.62. The predicted octanol–water partition coefficient (Wildman–Crippen LogP) is 1.21. The summed E-state index contributed by atoms with van der Waals surface area (Å²) in [6, 6.07) is 5.58. The van der Waals surface area contributed by atoms with E-state index in [-0.39, 0.29) is 12.2 Å². The van der Waals surface area contributed by atoms with Crippen molar-refractivity contribution in [3.05, 3.63) is 35.4 Å². The summed E-state index contributed by atoms with van der Waals surface area (Å²) >= 11 is 0. The first-order chi connectivity index (χ1) is 8.10. The molecule has 0 radical (unpaired) electrons. The van der Waals surface area contributed by atoms with Crippen LogP contribution in [0.3, 0.4) is 0 Å². The van der Waals surface area contributed by atoms with Gasteiger partial charge in [0.2, 0.25) is 0 Å². The maximum atomic E-state index is 11.6. The highest BCUT2D eigenvalue weighted by Crippen LogP contribution is 2.16. The Labute approximate surface area is 99.4 Å². The van der Waals surface area contributed by atoms with E-state index < -0.39 is 18.0 Å². The number of carboxylic acid groups (broad SMARTS) is 1. The van der Waals surface area contributed by atoms with Crippen molar-refractivity contribution in [2.24, 2.45) is 0 Å². The molecule has 0 saturated carbocycles. The van der Waals surface area contributed by atoms with Gasteiger partial charge in [-0.3, -0.25) is 0 Å². The standard InChI is InChI=1S/C12H15NO4/c1-3-17-12(16)10(13-2)8-5-4-6-9(7-8)11(14)15/h4-7,10,13H,3H2,1-2H3,(H,14,15). The first-order valence-electron chi connectivity index (χ1n) is 5.27. The zero-order valence-electron chi connectivity index (χ0n) is 9.77. The number of carboxylic acids is 1. The molecule has 5 nitrogen and oxygen atoms in total. The topological polar surface area (TPSA) is 75.6 Å². The molecule has 92 valence electrons. The molecule has 1 atom stereocenters. The molecule has 0 aromatic heterocycles. The molecule has 0 spiro atoms. The van der Waals surface area contributed by atoms with Gasteiger partial charge in [-0.25, -0.2) is 9.59 Å². The molecule has 0 aliphatic carbocycles. The lowest BCUT2D eigenvalue weighted by atomic mass is 10.0. The molecule has 0 fully saturated rings. The largest absolute Gasteiger partial charge is 0.478 e. The molecule has 0 aliphatic heterocycles. The second kappa shape index (κ2) is 6.00. The third kappa shape index (κ3) is 3.29. The Morgan fingerprint density at radius 3 is 2.71 bits per heavy atom. The van der Waals surface area contributed by atoms with Gasteiger partial charge in [0.25, 0.3) is 0 Å². The molecule has 1 aromatic carbocycles. The van der Waals surface area contributed by atoms with Crippen LogP contribution in [-0.2, 0) is 9.53 Å². The molecule has 0 amide bonds. The third-order valence-electron chi connectivity index (χ3n) is 2.28. The first kappa shape index (κ1) is 13.2. The fourth-order valence-corrected chi connectivity index (χ4v) is 1.50.